The zero-order chi connectivity index (χ0) is 24.9. The highest BCUT2D eigenvalue weighted by molar-refractivity contribution is 5.92. The van der Waals surface area contributed by atoms with E-state index in [1.54, 1.807) is 31.4 Å². The Bertz CT molecular complexity index is 1220. The van der Waals surface area contributed by atoms with E-state index < -0.39 is 5.82 Å². The first kappa shape index (κ1) is 27.3. The molecule has 1 aromatic carbocycles. The number of rotatable bonds is 4. The molecular formula is C28H38FN5O2. The van der Waals surface area contributed by atoms with Crippen molar-refractivity contribution in [2.45, 2.75) is 52.5 Å². The van der Waals surface area contributed by atoms with Gasteiger partial charge in [-0.05, 0) is 55.5 Å². The van der Waals surface area contributed by atoms with Gasteiger partial charge in [-0.2, -0.15) is 0 Å². The standard InChI is InChI=1S/C25H28FN5O2.C2H6.CH4/c1-27-24(32)21-6-5-19(14-28-21)30-11-8-18(9-12-30)31-10-7-17(15-31)22-13-16-3-2-4-20(26)23(16)25(33)29-22;1-2;/h2-6,13-14,17-18H,7-12,15H2,1H3,(H,27,32)(H,29,33);1-2H3;1H4. The lowest BCUT2D eigenvalue weighted by molar-refractivity contribution is 0.0958. The Kier molecular flexibility index (Phi) is 9.20. The summed E-state index contributed by atoms with van der Waals surface area (Å²) in [5.74, 6) is -0.398. The molecule has 2 N–H and O–H groups in total. The predicted octanol–water partition coefficient (Wildman–Crippen LogP) is 4.54. The molecule has 0 bridgehead atoms. The van der Waals surface area contributed by atoms with Crippen LogP contribution in [0.1, 0.15) is 62.6 Å². The number of anilines is 1. The number of piperidine rings is 1. The maximum absolute atomic E-state index is 14.0. The lowest BCUT2D eigenvalue weighted by Crippen LogP contribution is -2.44. The van der Waals surface area contributed by atoms with Crippen molar-refractivity contribution in [2.24, 2.45) is 0 Å². The van der Waals surface area contributed by atoms with Crippen LogP contribution < -0.4 is 15.8 Å². The molecule has 0 radical (unpaired) electrons. The quantitative estimate of drug-likeness (QED) is 0.555. The van der Waals surface area contributed by atoms with Crippen molar-refractivity contribution < 1.29 is 9.18 Å². The van der Waals surface area contributed by atoms with E-state index in [2.05, 4.69) is 25.1 Å². The fourth-order valence-electron chi connectivity index (χ4n) is 5.22. The molecule has 8 heteroatoms. The first-order chi connectivity index (χ1) is 17.0. The summed E-state index contributed by atoms with van der Waals surface area (Å²) in [5, 5.41) is 3.39. The van der Waals surface area contributed by atoms with Crippen LogP contribution in [-0.4, -0.2) is 60.0 Å². The molecule has 194 valence electrons. The molecule has 2 aliphatic rings. The Labute approximate surface area is 212 Å². The van der Waals surface area contributed by atoms with E-state index in [1.165, 1.54) is 6.07 Å². The predicted molar refractivity (Wildman–Crippen MR) is 144 cm³/mol. The van der Waals surface area contributed by atoms with Gasteiger partial charge in [-0.1, -0.05) is 33.4 Å². The van der Waals surface area contributed by atoms with Gasteiger partial charge in [0.2, 0.25) is 0 Å². The number of carbonyl (C=O) groups excluding carboxylic acids is 1. The second kappa shape index (κ2) is 12.1. The number of hydrogen-bond acceptors (Lipinski definition) is 5. The molecule has 3 aromatic rings. The zero-order valence-electron chi connectivity index (χ0n) is 20.7. The summed E-state index contributed by atoms with van der Waals surface area (Å²) in [6, 6.07) is 10.9. The van der Waals surface area contributed by atoms with E-state index in [4.69, 9.17) is 0 Å². The van der Waals surface area contributed by atoms with Crippen LogP contribution in [0.15, 0.2) is 47.4 Å². The highest BCUT2D eigenvalue weighted by atomic mass is 19.1. The third kappa shape index (κ3) is 5.59. The molecule has 2 aliphatic heterocycles. The van der Waals surface area contributed by atoms with E-state index in [0.717, 1.165) is 56.8 Å². The molecule has 4 heterocycles. The first-order valence-electron chi connectivity index (χ1n) is 12.5. The molecule has 2 saturated heterocycles. The number of carbonyl (C=O) groups is 1. The molecule has 0 spiro atoms. The van der Waals surface area contributed by atoms with Gasteiger partial charge >= 0.3 is 0 Å². The summed E-state index contributed by atoms with van der Waals surface area (Å²) in [6.45, 7) is 7.79. The summed E-state index contributed by atoms with van der Waals surface area (Å²) in [5.41, 5.74) is 2.03. The number of likely N-dealkylation sites (tertiary alicyclic amines) is 1. The van der Waals surface area contributed by atoms with E-state index in [9.17, 15) is 14.0 Å². The van der Waals surface area contributed by atoms with Crippen LogP contribution in [-0.2, 0) is 0 Å². The van der Waals surface area contributed by atoms with Gasteiger partial charge in [0, 0.05) is 44.3 Å². The second-order valence-electron chi connectivity index (χ2n) is 8.94. The summed E-state index contributed by atoms with van der Waals surface area (Å²) in [4.78, 5) is 36.2. The van der Waals surface area contributed by atoms with E-state index in [1.807, 2.05) is 26.0 Å². The monoisotopic (exact) mass is 495 g/mol. The molecule has 5 rings (SSSR count). The molecule has 1 unspecified atom stereocenters. The molecule has 1 atom stereocenters. The number of nitrogens with one attached hydrogen (secondary N) is 2. The van der Waals surface area contributed by atoms with Crippen molar-refractivity contribution in [1.29, 1.82) is 0 Å². The summed E-state index contributed by atoms with van der Waals surface area (Å²) < 4.78 is 14.0. The van der Waals surface area contributed by atoms with Crippen LogP contribution >= 0.6 is 0 Å². The van der Waals surface area contributed by atoms with Crippen molar-refractivity contribution in [3.63, 3.8) is 0 Å². The van der Waals surface area contributed by atoms with Gasteiger partial charge in [-0.25, -0.2) is 9.37 Å². The van der Waals surface area contributed by atoms with Crippen LogP contribution in [0.5, 0.6) is 0 Å². The van der Waals surface area contributed by atoms with Crippen molar-refractivity contribution in [2.75, 3.05) is 38.1 Å². The summed E-state index contributed by atoms with van der Waals surface area (Å²) in [6.07, 6.45) is 4.88. The van der Waals surface area contributed by atoms with Gasteiger partial charge in [-0.15, -0.1) is 0 Å². The number of hydrogen-bond donors (Lipinski definition) is 2. The van der Waals surface area contributed by atoms with Gasteiger partial charge in [-0.3, -0.25) is 14.5 Å². The van der Waals surface area contributed by atoms with Crippen LogP contribution in [0.2, 0.25) is 0 Å². The summed E-state index contributed by atoms with van der Waals surface area (Å²) >= 11 is 0. The Morgan fingerprint density at radius 1 is 1.11 bits per heavy atom. The molecular weight excluding hydrogens is 457 g/mol. The molecule has 36 heavy (non-hydrogen) atoms. The largest absolute Gasteiger partial charge is 0.370 e. The average molecular weight is 496 g/mol. The molecule has 0 saturated carbocycles. The number of aromatic amines is 1. The number of fused-ring (bicyclic) bond motifs is 1. The Hall–Kier alpha value is -3.26. The summed E-state index contributed by atoms with van der Waals surface area (Å²) in [7, 11) is 1.60. The maximum Gasteiger partial charge on any atom is 0.269 e. The fourth-order valence-corrected chi connectivity index (χ4v) is 5.22. The zero-order valence-corrected chi connectivity index (χ0v) is 20.7. The highest BCUT2D eigenvalue weighted by Crippen LogP contribution is 2.31. The minimum Gasteiger partial charge on any atom is -0.370 e. The van der Waals surface area contributed by atoms with Crippen LogP contribution in [0.3, 0.4) is 0 Å². The third-order valence-corrected chi connectivity index (χ3v) is 7.05. The molecule has 2 fully saturated rings. The third-order valence-electron chi connectivity index (χ3n) is 7.05. The van der Waals surface area contributed by atoms with Crippen LogP contribution in [0.4, 0.5) is 10.1 Å². The first-order valence-corrected chi connectivity index (χ1v) is 12.5. The fraction of sp³-hybridized carbons (Fsp3) is 0.464. The lowest BCUT2D eigenvalue weighted by atomic mass is 10.0. The van der Waals surface area contributed by atoms with Gasteiger partial charge in [0.15, 0.2) is 0 Å². The number of benzene rings is 1. The minimum absolute atomic E-state index is 0. The molecule has 1 amide bonds. The molecule has 7 nitrogen and oxygen atoms in total. The average Bonchev–Trinajstić information content (AvgIpc) is 3.40. The molecule has 2 aromatic heterocycles. The van der Waals surface area contributed by atoms with Crippen LogP contribution in [0, 0.1) is 5.82 Å². The molecule has 0 aliphatic carbocycles. The number of pyridine rings is 2. The number of aromatic nitrogens is 2. The van der Waals surface area contributed by atoms with Gasteiger partial charge in [0.25, 0.3) is 11.5 Å². The van der Waals surface area contributed by atoms with E-state index in [0.29, 0.717) is 17.1 Å². The maximum atomic E-state index is 14.0. The Balaban J connectivity index is 0.00000117. The highest BCUT2D eigenvalue weighted by Gasteiger charge is 2.32. The SMILES string of the molecule is C.CC.CNC(=O)c1ccc(N2CCC(N3CCC(c4cc5cccc(F)c5c(=O)[nH]4)C3)CC2)cn1. The number of nitrogens with zero attached hydrogens (tertiary/aromatic N) is 3. The Morgan fingerprint density at radius 2 is 1.86 bits per heavy atom. The number of amides is 1. The Morgan fingerprint density at radius 3 is 2.53 bits per heavy atom. The normalized spacial score (nSPS) is 18.3. The van der Waals surface area contributed by atoms with E-state index in [-0.39, 0.29) is 30.2 Å². The number of H-pyrrole nitrogens is 1. The number of halogens is 1. The smallest absolute Gasteiger partial charge is 0.269 e. The second-order valence-corrected chi connectivity index (χ2v) is 8.94. The van der Waals surface area contributed by atoms with Crippen molar-refractivity contribution in [3.05, 3.63) is 70.2 Å². The van der Waals surface area contributed by atoms with Crippen molar-refractivity contribution >= 4 is 22.4 Å². The van der Waals surface area contributed by atoms with Gasteiger partial charge in [0.1, 0.15) is 11.5 Å². The van der Waals surface area contributed by atoms with Crippen LogP contribution in [0.25, 0.3) is 10.8 Å². The van der Waals surface area contributed by atoms with Crippen molar-refractivity contribution in [3.8, 4) is 0 Å². The topological polar surface area (TPSA) is 81.3 Å². The van der Waals surface area contributed by atoms with E-state index >= 15 is 0 Å². The minimum atomic E-state index is -0.474. The van der Waals surface area contributed by atoms with Gasteiger partial charge in [0.05, 0.1) is 17.3 Å². The lowest BCUT2D eigenvalue weighted by Gasteiger charge is -2.37. The van der Waals surface area contributed by atoms with Gasteiger partial charge < -0.3 is 15.2 Å². The van der Waals surface area contributed by atoms with Crippen molar-refractivity contribution in [1.82, 2.24) is 20.2 Å².